The van der Waals surface area contributed by atoms with E-state index in [-0.39, 0.29) is 11.9 Å². The lowest BCUT2D eigenvalue weighted by molar-refractivity contribution is -0.124. The molecule has 0 aromatic carbocycles. The van der Waals surface area contributed by atoms with E-state index in [1.165, 1.54) is 0 Å². The molecule has 1 amide bonds. The van der Waals surface area contributed by atoms with Gasteiger partial charge in [-0.2, -0.15) is 0 Å². The lowest BCUT2D eigenvalue weighted by Gasteiger charge is -2.15. The Labute approximate surface area is 78.7 Å². The van der Waals surface area contributed by atoms with Crippen LogP contribution in [-0.4, -0.2) is 36.2 Å². The SMILES string of the molecule is CC1CCNC1C(=O)NC[C@H](C)O. The molecule has 1 heterocycles. The molecule has 2 unspecified atom stereocenters. The molecule has 0 bridgehead atoms. The topological polar surface area (TPSA) is 61.4 Å². The van der Waals surface area contributed by atoms with Gasteiger partial charge in [0.05, 0.1) is 12.1 Å². The molecular weight excluding hydrogens is 168 g/mol. The highest BCUT2D eigenvalue weighted by atomic mass is 16.3. The summed E-state index contributed by atoms with van der Waals surface area (Å²) in [6.45, 7) is 4.97. The fourth-order valence-corrected chi connectivity index (χ4v) is 1.54. The third-order valence-electron chi connectivity index (χ3n) is 2.39. The zero-order valence-corrected chi connectivity index (χ0v) is 8.21. The minimum atomic E-state index is -0.472. The number of aliphatic hydroxyl groups is 1. The van der Waals surface area contributed by atoms with Crippen LogP contribution >= 0.6 is 0 Å². The summed E-state index contributed by atoms with van der Waals surface area (Å²) in [5.41, 5.74) is 0. The summed E-state index contributed by atoms with van der Waals surface area (Å²) in [6.07, 6.45) is 0.577. The first kappa shape index (κ1) is 10.5. The summed E-state index contributed by atoms with van der Waals surface area (Å²) in [7, 11) is 0. The van der Waals surface area contributed by atoms with Crippen molar-refractivity contribution in [3.8, 4) is 0 Å². The van der Waals surface area contributed by atoms with Crippen molar-refractivity contribution in [3.63, 3.8) is 0 Å². The van der Waals surface area contributed by atoms with Gasteiger partial charge in [-0.25, -0.2) is 0 Å². The van der Waals surface area contributed by atoms with Crippen molar-refractivity contribution in [2.75, 3.05) is 13.1 Å². The Balaban J connectivity index is 2.30. The fourth-order valence-electron chi connectivity index (χ4n) is 1.54. The highest BCUT2D eigenvalue weighted by Crippen LogP contribution is 2.13. The van der Waals surface area contributed by atoms with Crippen LogP contribution in [0.15, 0.2) is 0 Å². The smallest absolute Gasteiger partial charge is 0.237 e. The van der Waals surface area contributed by atoms with E-state index in [1.807, 2.05) is 0 Å². The van der Waals surface area contributed by atoms with E-state index in [2.05, 4.69) is 17.6 Å². The number of amides is 1. The number of rotatable bonds is 3. The lowest BCUT2D eigenvalue weighted by Crippen LogP contribution is -2.45. The predicted octanol–water partition coefficient (Wildman–Crippen LogP) is -0.519. The lowest BCUT2D eigenvalue weighted by atomic mass is 10.0. The van der Waals surface area contributed by atoms with Crippen LogP contribution in [0.1, 0.15) is 20.3 Å². The minimum absolute atomic E-state index is 0.00546. The van der Waals surface area contributed by atoms with Crippen molar-refractivity contribution in [1.82, 2.24) is 10.6 Å². The first-order valence-electron chi connectivity index (χ1n) is 4.80. The molecule has 3 atom stereocenters. The van der Waals surface area contributed by atoms with Crippen molar-refractivity contribution >= 4 is 5.91 Å². The number of carbonyl (C=O) groups excluding carboxylic acids is 1. The van der Waals surface area contributed by atoms with Gasteiger partial charge in [-0.3, -0.25) is 4.79 Å². The first-order chi connectivity index (χ1) is 6.11. The summed E-state index contributed by atoms with van der Waals surface area (Å²) in [5, 5.41) is 14.8. The second-order valence-electron chi connectivity index (χ2n) is 3.79. The van der Waals surface area contributed by atoms with E-state index >= 15 is 0 Å². The Morgan fingerprint density at radius 1 is 1.77 bits per heavy atom. The van der Waals surface area contributed by atoms with E-state index in [4.69, 9.17) is 5.11 Å². The van der Waals surface area contributed by atoms with E-state index in [0.717, 1.165) is 13.0 Å². The third-order valence-corrected chi connectivity index (χ3v) is 2.39. The minimum Gasteiger partial charge on any atom is -0.392 e. The Morgan fingerprint density at radius 2 is 2.46 bits per heavy atom. The standard InChI is InChI=1S/C9H18N2O2/c1-6-3-4-10-8(6)9(13)11-5-7(2)12/h6-8,10,12H,3-5H2,1-2H3,(H,11,13)/t6?,7-,8?/m0/s1. The van der Waals surface area contributed by atoms with Gasteiger partial charge in [0.2, 0.25) is 5.91 Å². The van der Waals surface area contributed by atoms with Gasteiger partial charge in [0.25, 0.3) is 0 Å². The van der Waals surface area contributed by atoms with Crippen molar-refractivity contribution in [2.24, 2.45) is 5.92 Å². The highest BCUT2D eigenvalue weighted by Gasteiger charge is 2.28. The average Bonchev–Trinajstić information content (AvgIpc) is 2.47. The molecule has 1 fully saturated rings. The summed E-state index contributed by atoms with van der Waals surface area (Å²) in [6, 6.07) is -0.0706. The van der Waals surface area contributed by atoms with Gasteiger partial charge >= 0.3 is 0 Å². The molecule has 0 aromatic heterocycles. The monoisotopic (exact) mass is 186 g/mol. The second-order valence-corrected chi connectivity index (χ2v) is 3.79. The van der Waals surface area contributed by atoms with Crippen molar-refractivity contribution in [1.29, 1.82) is 0 Å². The van der Waals surface area contributed by atoms with Gasteiger partial charge in [0.15, 0.2) is 0 Å². The molecule has 1 saturated heterocycles. The molecule has 0 saturated carbocycles. The van der Waals surface area contributed by atoms with Gasteiger partial charge in [-0.05, 0) is 25.8 Å². The molecule has 1 aliphatic heterocycles. The van der Waals surface area contributed by atoms with Crippen LogP contribution < -0.4 is 10.6 Å². The average molecular weight is 186 g/mol. The summed E-state index contributed by atoms with van der Waals surface area (Å²) >= 11 is 0. The summed E-state index contributed by atoms with van der Waals surface area (Å²) in [5.74, 6) is 0.403. The molecule has 0 aliphatic carbocycles. The molecule has 1 aliphatic rings. The highest BCUT2D eigenvalue weighted by molar-refractivity contribution is 5.82. The molecule has 1 rings (SSSR count). The van der Waals surface area contributed by atoms with Crippen molar-refractivity contribution in [2.45, 2.75) is 32.4 Å². The molecule has 4 nitrogen and oxygen atoms in total. The molecule has 76 valence electrons. The van der Waals surface area contributed by atoms with Crippen LogP contribution in [-0.2, 0) is 4.79 Å². The number of nitrogens with one attached hydrogen (secondary N) is 2. The molecule has 0 spiro atoms. The van der Waals surface area contributed by atoms with Gasteiger partial charge in [0.1, 0.15) is 0 Å². The van der Waals surface area contributed by atoms with E-state index < -0.39 is 6.10 Å². The van der Waals surface area contributed by atoms with Crippen LogP contribution in [0.4, 0.5) is 0 Å². The van der Waals surface area contributed by atoms with Crippen LogP contribution in [0.5, 0.6) is 0 Å². The zero-order chi connectivity index (χ0) is 9.84. The Morgan fingerprint density at radius 3 is 2.92 bits per heavy atom. The second kappa shape index (κ2) is 4.58. The largest absolute Gasteiger partial charge is 0.392 e. The number of aliphatic hydroxyl groups excluding tert-OH is 1. The molecule has 0 aromatic rings. The summed E-state index contributed by atoms with van der Waals surface area (Å²) in [4.78, 5) is 11.5. The third kappa shape index (κ3) is 2.97. The van der Waals surface area contributed by atoms with Crippen LogP contribution in [0.2, 0.25) is 0 Å². The Bertz CT molecular complexity index is 182. The van der Waals surface area contributed by atoms with Crippen LogP contribution in [0, 0.1) is 5.92 Å². The quantitative estimate of drug-likeness (QED) is 0.556. The van der Waals surface area contributed by atoms with Crippen LogP contribution in [0.3, 0.4) is 0 Å². The maximum Gasteiger partial charge on any atom is 0.237 e. The van der Waals surface area contributed by atoms with E-state index in [9.17, 15) is 4.79 Å². The number of hydrogen-bond acceptors (Lipinski definition) is 3. The van der Waals surface area contributed by atoms with Crippen LogP contribution in [0.25, 0.3) is 0 Å². The normalized spacial score (nSPS) is 30.1. The zero-order valence-electron chi connectivity index (χ0n) is 8.21. The van der Waals surface area contributed by atoms with E-state index in [0.29, 0.717) is 12.5 Å². The van der Waals surface area contributed by atoms with Gasteiger partial charge in [0, 0.05) is 6.54 Å². The molecule has 4 heteroatoms. The predicted molar refractivity (Wildman–Crippen MR) is 50.3 cm³/mol. The molecule has 13 heavy (non-hydrogen) atoms. The fraction of sp³-hybridized carbons (Fsp3) is 0.889. The number of hydrogen-bond donors (Lipinski definition) is 3. The molecule has 3 N–H and O–H groups in total. The van der Waals surface area contributed by atoms with Crippen molar-refractivity contribution in [3.05, 3.63) is 0 Å². The van der Waals surface area contributed by atoms with Gasteiger partial charge in [-0.15, -0.1) is 0 Å². The maximum absolute atomic E-state index is 11.5. The van der Waals surface area contributed by atoms with Gasteiger partial charge < -0.3 is 15.7 Å². The first-order valence-corrected chi connectivity index (χ1v) is 4.80. The Hall–Kier alpha value is -0.610. The van der Waals surface area contributed by atoms with Gasteiger partial charge in [-0.1, -0.05) is 6.92 Å². The maximum atomic E-state index is 11.5. The molecule has 0 radical (unpaired) electrons. The number of carbonyl (C=O) groups is 1. The Kier molecular flexibility index (Phi) is 3.69. The van der Waals surface area contributed by atoms with E-state index in [1.54, 1.807) is 6.92 Å². The molecular formula is C9H18N2O2. The summed E-state index contributed by atoms with van der Waals surface area (Å²) < 4.78 is 0. The van der Waals surface area contributed by atoms with Crippen molar-refractivity contribution < 1.29 is 9.90 Å².